The van der Waals surface area contributed by atoms with E-state index in [1.807, 2.05) is 48.3 Å². The minimum absolute atomic E-state index is 0.199. The van der Waals surface area contributed by atoms with Gasteiger partial charge < -0.3 is 9.80 Å². The van der Waals surface area contributed by atoms with Crippen LogP contribution in [0.1, 0.15) is 25.8 Å². The van der Waals surface area contributed by atoms with Crippen LogP contribution in [0.4, 0.5) is 5.69 Å². The lowest BCUT2D eigenvalue weighted by Gasteiger charge is -2.28. The smallest absolute Gasteiger partial charge is 0.224 e. The topological polar surface area (TPSA) is 23.6 Å². The predicted molar refractivity (Wildman–Crippen MR) is 96.5 cm³/mol. The summed E-state index contributed by atoms with van der Waals surface area (Å²) in [7, 11) is 2.03. The zero-order chi connectivity index (χ0) is 16.7. The Morgan fingerprint density at radius 2 is 1.52 bits per heavy atom. The summed E-state index contributed by atoms with van der Waals surface area (Å²) < 4.78 is 0. The molecule has 0 aliphatic carbocycles. The van der Waals surface area contributed by atoms with Crippen molar-refractivity contribution in [1.29, 1.82) is 0 Å². The molecule has 3 nitrogen and oxygen atoms in total. The van der Waals surface area contributed by atoms with E-state index >= 15 is 0 Å². The third-order valence-electron chi connectivity index (χ3n) is 4.00. The van der Waals surface area contributed by atoms with Gasteiger partial charge in [-0.3, -0.25) is 4.79 Å². The summed E-state index contributed by atoms with van der Waals surface area (Å²) in [5.41, 5.74) is 2.31. The number of nitrogens with zero attached hydrogens (tertiary/aromatic N) is 2. The Hall–Kier alpha value is -2.29. The molecule has 0 bridgehead atoms. The van der Waals surface area contributed by atoms with Gasteiger partial charge in [0.25, 0.3) is 0 Å². The van der Waals surface area contributed by atoms with Crippen LogP contribution >= 0.6 is 0 Å². The minimum Gasteiger partial charge on any atom is -0.374 e. The number of carbonyl (C=O) groups is 1. The van der Waals surface area contributed by atoms with Gasteiger partial charge in [0.2, 0.25) is 5.91 Å². The zero-order valence-corrected chi connectivity index (χ0v) is 14.3. The van der Waals surface area contributed by atoms with E-state index in [1.54, 1.807) is 0 Å². The highest BCUT2D eigenvalue weighted by molar-refractivity contribution is 5.77. The van der Waals surface area contributed by atoms with E-state index in [1.165, 1.54) is 5.56 Å². The van der Waals surface area contributed by atoms with Crippen molar-refractivity contribution in [3.05, 3.63) is 66.2 Å². The van der Waals surface area contributed by atoms with Gasteiger partial charge in [-0.15, -0.1) is 0 Å². The molecular weight excluding hydrogens is 284 g/mol. The second kappa shape index (κ2) is 8.37. The molecule has 0 aliphatic rings. The maximum Gasteiger partial charge on any atom is 0.224 e. The number of amides is 1. The lowest BCUT2D eigenvalue weighted by Crippen LogP contribution is -2.38. The molecule has 0 saturated heterocycles. The molecule has 0 aliphatic heterocycles. The highest BCUT2D eigenvalue weighted by atomic mass is 16.2. The molecule has 2 rings (SSSR count). The molecule has 0 heterocycles. The molecule has 0 fully saturated rings. The van der Waals surface area contributed by atoms with E-state index in [0.29, 0.717) is 13.0 Å². The van der Waals surface area contributed by atoms with Crippen LogP contribution in [0.25, 0.3) is 0 Å². The summed E-state index contributed by atoms with van der Waals surface area (Å²) in [5.74, 6) is 0.201. The van der Waals surface area contributed by atoms with Crippen LogP contribution in [-0.4, -0.2) is 30.4 Å². The Labute approximate surface area is 139 Å². The molecule has 0 spiro atoms. The first-order chi connectivity index (χ1) is 11.1. The van der Waals surface area contributed by atoms with Crippen molar-refractivity contribution in [2.24, 2.45) is 0 Å². The average molecular weight is 310 g/mol. The molecule has 2 aromatic rings. The van der Waals surface area contributed by atoms with Crippen molar-refractivity contribution in [3.8, 4) is 0 Å². The summed E-state index contributed by atoms with van der Waals surface area (Å²) in [6, 6.07) is 20.5. The van der Waals surface area contributed by atoms with Crippen molar-refractivity contribution in [2.75, 3.05) is 18.5 Å². The second-order valence-electron chi connectivity index (χ2n) is 6.11. The molecule has 2 aromatic carbocycles. The Kier molecular flexibility index (Phi) is 6.21. The lowest BCUT2D eigenvalue weighted by atomic mass is 10.1. The van der Waals surface area contributed by atoms with Gasteiger partial charge in [0.1, 0.15) is 0 Å². The highest BCUT2D eigenvalue weighted by Gasteiger charge is 2.17. The van der Waals surface area contributed by atoms with E-state index in [-0.39, 0.29) is 11.9 Å². The minimum atomic E-state index is 0.199. The van der Waals surface area contributed by atoms with Crippen molar-refractivity contribution in [3.63, 3.8) is 0 Å². The fourth-order valence-electron chi connectivity index (χ4n) is 2.56. The van der Waals surface area contributed by atoms with Crippen LogP contribution < -0.4 is 4.90 Å². The Morgan fingerprint density at radius 3 is 2.09 bits per heavy atom. The molecular formula is C20H26N2O. The highest BCUT2D eigenvalue weighted by Crippen LogP contribution is 2.13. The molecule has 1 amide bonds. The predicted octanol–water partition coefficient (Wildman–Crippen LogP) is 3.95. The van der Waals surface area contributed by atoms with Gasteiger partial charge >= 0.3 is 0 Å². The lowest BCUT2D eigenvalue weighted by molar-refractivity contribution is -0.133. The largest absolute Gasteiger partial charge is 0.374 e. The van der Waals surface area contributed by atoms with Crippen LogP contribution in [0.3, 0.4) is 0 Å². The Balaban J connectivity index is 1.93. The van der Waals surface area contributed by atoms with Gasteiger partial charge in [-0.2, -0.15) is 0 Å². The van der Waals surface area contributed by atoms with Crippen molar-refractivity contribution < 1.29 is 4.79 Å². The maximum absolute atomic E-state index is 12.6. The quantitative estimate of drug-likeness (QED) is 0.773. The fraction of sp³-hybridized carbons (Fsp3) is 0.350. The molecule has 0 radical (unpaired) electrons. The van der Waals surface area contributed by atoms with Gasteiger partial charge in [0, 0.05) is 38.3 Å². The molecule has 0 saturated carbocycles. The molecule has 0 N–H and O–H groups in total. The van der Waals surface area contributed by atoms with Crippen molar-refractivity contribution in [2.45, 2.75) is 32.9 Å². The zero-order valence-electron chi connectivity index (χ0n) is 14.3. The van der Waals surface area contributed by atoms with Gasteiger partial charge in [-0.1, -0.05) is 48.5 Å². The average Bonchev–Trinajstić information content (AvgIpc) is 2.58. The summed E-state index contributed by atoms with van der Waals surface area (Å²) in [6.45, 7) is 5.54. The molecule has 0 aromatic heterocycles. The summed E-state index contributed by atoms with van der Waals surface area (Å²) >= 11 is 0. The standard InChI is InChI=1S/C20H26N2O/c1-17(2)22(16-18-10-6-4-7-11-18)20(23)14-15-21(3)19-12-8-5-9-13-19/h4-13,17H,14-16H2,1-3H3. The van der Waals surface area contributed by atoms with E-state index in [9.17, 15) is 4.79 Å². The molecule has 0 atom stereocenters. The van der Waals surface area contributed by atoms with Crippen LogP contribution in [0.2, 0.25) is 0 Å². The monoisotopic (exact) mass is 310 g/mol. The first-order valence-electron chi connectivity index (χ1n) is 8.17. The van der Waals surface area contributed by atoms with E-state index in [2.05, 4.69) is 43.0 Å². The van der Waals surface area contributed by atoms with E-state index < -0.39 is 0 Å². The van der Waals surface area contributed by atoms with Gasteiger partial charge in [-0.25, -0.2) is 0 Å². The third kappa shape index (κ3) is 5.13. The number of rotatable bonds is 7. The number of hydrogen-bond acceptors (Lipinski definition) is 2. The van der Waals surface area contributed by atoms with Crippen LogP contribution in [0.5, 0.6) is 0 Å². The Bertz CT molecular complexity index is 596. The van der Waals surface area contributed by atoms with Gasteiger partial charge in [0.05, 0.1) is 0 Å². The molecule has 122 valence electrons. The van der Waals surface area contributed by atoms with Crippen LogP contribution in [0, 0.1) is 0 Å². The summed E-state index contributed by atoms with van der Waals surface area (Å²) in [5, 5.41) is 0. The SMILES string of the molecule is CC(C)N(Cc1ccccc1)C(=O)CCN(C)c1ccccc1. The first-order valence-corrected chi connectivity index (χ1v) is 8.17. The molecule has 23 heavy (non-hydrogen) atoms. The number of anilines is 1. The first kappa shape index (κ1) is 17.1. The Morgan fingerprint density at radius 1 is 0.957 bits per heavy atom. The molecule has 0 unspecified atom stereocenters. The van der Waals surface area contributed by atoms with E-state index in [4.69, 9.17) is 0 Å². The third-order valence-corrected chi connectivity index (χ3v) is 4.00. The molecule has 3 heteroatoms. The summed E-state index contributed by atoms with van der Waals surface area (Å²) in [4.78, 5) is 16.7. The van der Waals surface area contributed by atoms with Crippen LogP contribution in [-0.2, 0) is 11.3 Å². The normalized spacial score (nSPS) is 10.6. The van der Waals surface area contributed by atoms with Crippen molar-refractivity contribution >= 4 is 11.6 Å². The number of benzene rings is 2. The van der Waals surface area contributed by atoms with E-state index in [0.717, 1.165) is 12.2 Å². The van der Waals surface area contributed by atoms with Gasteiger partial charge in [0.15, 0.2) is 0 Å². The van der Waals surface area contributed by atoms with Crippen LogP contribution in [0.15, 0.2) is 60.7 Å². The fourth-order valence-corrected chi connectivity index (χ4v) is 2.56. The summed E-state index contributed by atoms with van der Waals surface area (Å²) in [6.07, 6.45) is 0.524. The maximum atomic E-state index is 12.6. The van der Waals surface area contributed by atoms with Crippen molar-refractivity contribution in [1.82, 2.24) is 4.90 Å². The number of carbonyl (C=O) groups excluding carboxylic acids is 1. The number of para-hydroxylation sites is 1. The van der Waals surface area contributed by atoms with Gasteiger partial charge in [-0.05, 0) is 31.5 Å². The number of hydrogen-bond donors (Lipinski definition) is 0. The second-order valence-corrected chi connectivity index (χ2v) is 6.11.